The van der Waals surface area contributed by atoms with Crippen molar-refractivity contribution in [1.29, 1.82) is 0 Å². The Kier molecular flexibility index (Phi) is 3.82. The summed E-state index contributed by atoms with van der Waals surface area (Å²) in [5.74, 6) is -0.294. The molecule has 1 aromatic carbocycles. The standard InChI is InChI=1S/C11H11F3O2/c1-3-8-5-6-9(16-11(12,13)14)10(7-8)15-4-2/h3,5-7H,1,4H2,2H3. The van der Waals surface area contributed by atoms with Crippen molar-refractivity contribution in [2.75, 3.05) is 6.61 Å². The van der Waals surface area contributed by atoms with E-state index in [1.54, 1.807) is 6.92 Å². The van der Waals surface area contributed by atoms with Gasteiger partial charge in [0.25, 0.3) is 0 Å². The first-order chi connectivity index (χ1) is 7.46. The van der Waals surface area contributed by atoms with Gasteiger partial charge in [0, 0.05) is 0 Å². The second kappa shape index (κ2) is 4.92. The van der Waals surface area contributed by atoms with Gasteiger partial charge in [-0.2, -0.15) is 0 Å². The fourth-order valence-electron chi connectivity index (χ4n) is 1.13. The van der Waals surface area contributed by atoms with Crippen LogP contribution in [0.15, 0.2) is 24.8 Å². The molecule has 1 rings (SSSR count). The summed E-state index contributed by atoms with van der Waals surface area (Å²) < 4.78 is 45.0. The Hall–Kier alpha value is -1.65. The van der Waals surface area contributed by atoms with E-state index < -0.39 is 6.36 Å². The topological polar surface area (TPSA) is 18.5 Å². The number of rotatable bonds is 4. The average Bonchev–Trinajstić information content (AvgIpc) is 2.19. The van der Waals surface area contributed by atoms with Crippen LogP contribution in [0.3, 0.4) is 0 Å². The maximum Gasteiger partial charge on any atom is 0.573 e. The highest BCUT2D eigenvalue weighted by Gasteiger charge is 2.32. The SMILES string of the molecule is C=Cc1ccc(OC(F)(F)F)c(OCC)c1. The Labute approximate surface area is 91.3 Å². The second-order valence-electron chi connectivity index (χ2n) is 2.89. The van der Waals surface area contributed by atoms with Gasteiger partial charge in [0.2, 0.25) is 0 Å². The molecule has 0 spiro atoms. The molecule has 0 unspecified atom stereocenters. The minimum Gasteiger partial charge on any atom is -0.490 e. The van der Waals surface area contributed by atoms with Gasteiger partial charge < -0.3 is 9.47 Å². The molecule has 0 atom stereocenters. The second-order valence-corrected chi connectivity index (χ2v) is 2.89. The molecular formula is C11H11F3O2. The summed E-state index contributed by atoms with van der Waals surface area (Å²) in [7, 11) is 0. The van der Waals surface area contributed by atoms with Crippen molar-refractivity contribution in [3.8, 4) is 11.5 Å². The van der Waals surface area contributed by atoms with Crippen LogP contribution in [0.5, 0.6) is 11.5 Å². The molecule has 5 heteroatoms. The zero-order chi connectivity index (χ0) is 12.2. The van der Waals surface area contributed by atoms with Crippen LogP contribution in [0.4, 0.5) is 13.2 Å². The molecule has 0 fully saturated rings. The lowest BCUT2D eigenvalue weighted by atomic mass is 10.2. The van der Waals surface area contributed by atoms with E-state index in [-0.39, 0.29) is 18.1 Å². The Morgan fingerprint density at radius 3 is 2.50 bits per heavy atom. The van der Waals surface area contributed by atoms with E-state index in [1.807, 2.05) is 0 Å². The Morgan fingerprint density at radius 2 is 2.00 bits per heavy atom. The minimum atomic E-state index is -4.72. The fourth-order valence-corrected chi connectivity index (χ4v) is 1.13. The molecule has 2 nitrogen and oxygen atoms in total. The molecule has 0 saturated heterocycles. The third kappa shape index (κ3) is 3.49. The monoisotopic (exact) mass is 232 g/mol. The summed E-state index contributed by atoms with van der Waals surface area (Å²) in [5, 5.41) is 0. The van der Waals surface area contributed by atoms with Gasteiger partial charge in [0.05, 0.1) is 6.61 Å². The number of benzene rings is 1. The van der Waals surface area contributed by atoms with Crippen LogP contribution in [0.1, 0.15) is 12.5 Å². The van der Waals surface area contributed by atoms with Crippen LogP contribution in [0.25, 0.3) is 6.08 Å². The van der Waals surface area contributed by atoms with Crippen molar-refractivity contribution in [2.45, 2.75) is 13.3 Å². The predicted molar refractivity (Wildman–Crippen MR) is 54.4 cm³/mol. The maximum absolute atomic E-state index is 12.0. The first-order valence-electron chi connectivity index (χ1n) is 4.61. The number of halogens is 3. The summed E-state index contributed by atoms with van der Waals surface area (Å²) in [6.45, 7) is 5.46. The average molecular weight is 232 g/mol. The highest BCUT2D eigenvalue weighted by molar-refractivity contribution is 5.54. The Balaban J connectivity index is 3.02. The molecule has 16 heavy (non-hydrogen) atoms. The largest absolute Gasteiger partial charge is 0.573 e. The van der Waals surface area contributed by atoms with Crippen LogP contribution >= 0.6 is 0 Å². The van der Waals surface area contributed by atoms with E-state index >= 15 is 0 Å². The van der Waals surface area contributed by atoms with Crippen molar-refractivity contribution in [2.24, 2.45) is 0 Å². The van der Waals surface area contributed by atoms with Crippen molar-refractivity contribution in [3.05, 3.63) is 30.3 Å². The van der Waals surface area contributed by atoms with Gasteiger partial charge in [-0.25, -0.2) is 0 Å². The molecule has 0 heterocycles. The van der Waals surface area contributed by atoms with Crippen molar-refractivity contribution in [3.63, 3.8) is 0 Å². The van der Waals surface area contributed by atoms with Crippen LogP contribution < -0.4 is 9.47 Å². The van der Waals surface area contributed by atoms with Crippen molar-refractivity contribution in [1.82, 2.24) is 0 Å². The van der Waals surface area contributed by atoms with E-state index in [0.717, 1.165) is 0 Å². The summed E-state index contributed by atoms with van der Waals surface area (Å²) in [4.78, 5) is 0. The zero-order valence-corrected chi connectivity index (χ0v) is 8.67. The Morgan fingerprint density at radius 1 is 1.31 bits per heavy atom. The van der Waals surface area contributed by atoms with Gasteiger partial charge in [-0.05, 0) is 24.6 Å². The van der Waals surface area contributed by atoms with Gasteiger partial charge in [0.1, 0.15) is 0 Å². The number of ether oxygens (including phenoxy) is 2. The Bertz CT molecular complexity index is 372. The first kappa shape index (κ1) is 12.4. The highest BCUT2D eigenvalue weighted by atomic mass is 19.4. The van der Waals surface area contributed by atoms with E-state index in [0.29, 0.717) is 5.56 Å². The van der Waals surface area contributed by atoms with Gasteiger partial charge in [-0.15, -0.1) is 13.2 Å². The van der Waals surface area contributed by atoms with Crippen LogP contribution in [-0.4, -0.2) is 13.0 Å². The first-order valence-corrected chi connectivity index (χ1v) is 4.61. The van der Waals surface area contributed by atoms with Gasteiger partial charge in [-0.3, -0.25) is 0 Å². The molecule has 0 bridgehead atoms. The van der Waals surface area contributed by atoms with Gasteiger partial charge >= 0.3 is 6.36 Å². The molecule has 1 aromatic rings. The summed E-state index contributed by atoms with van der Waals surface area (Å²) in [6, 6.07) is 4.11. The molecule has 0 N–H and O–H groups in total. The third-order valence-electron chi connectivity index (χ3n) is 1.73. The van der Waals surface area contributed by atoms with Crippen LogP contribution in [-0.2, 0) is 0 Å². The number of hydrogen-bond acceptors (Lipinski definition) is 2. The van der Waals surface area contributed by atoms with Gasteiger partial charge in [0.15, 0.2) is 11.5 Å². The van der Waals surface area contributed by atoms with Crippen LogP contribution in [0.2, 0.25) is 0 Å². The van der Waals surface area contributed by atoms with E-state index in [1.165, 1.54) is 24.3 Å². The fraction of sp³-hybridized carbons (Fsp3) is 0.273. The van der Waals surface area contributed by atoms with E-state index in [2.05, 4.69) is 11.3 Å². The predicted octanol–water partition coefficient (Wildman–Crippen LogP) is 3.63. The quantitative estimate of drug-likeness (QED) is 0.789. The number of alkyl halides is 3. The molecule has 0 aliphatic rings. The minimum absolute atomic E-state index is 0.0530. The lowest BCUT2D eigenvalue weighted by molar-refractivity contribution is -0.275. The molecule has 0 saturated carbocycles. The van der Waals surface area contributed by atoms with Crippen molar-refractivity contribution >= 4 is 6.08 Å². The van der Waals surface area contributed by atoms with E-state index in [4.69, 9.17) is 4.74 Å². The molecule has 0 aliphatic carbocycles. The maximum atomic E-state index is 12.0. The molecule has 0 aromatic heterocycles. The summed E-state index contributed by atoms with van der Waals surface area (Å²) in [5.41, 5.74) is 0.665. The number of hydrogen-bond donors (Lipinski definition) is 0. The summed E-state index contributed by atoms with van der Waals surface area (Å²) in [6.07, 6.45) is -3.21. The zero-order valence-electron chi connectivity index (χ0n) is 8.67. The lowest BCUT2D eigenvalue weighted by Gasteiger charge is -2.13. The van der Waals surface area contributed by atoms with E-state index in [9.17, 15) is 13.2 Å². The third-order valence-corrected chi connectivity index (χ3v) is 1.73. The molecule has 0 aliphatic heterocycles. The van der Waals surface area contributed by atoms with Crippen LogP contribution in [0, 0.1) is 0 Å². The molecular weight excluding hydrogens is 221 g/mol. The lowest BCUT2D eigenvalue weighted by Crippen LogP contribution is -2.17. The van der Waals surface area contributed by atoms with Gasteiger partial charge in [-0.1, -0.05) is 18.7 Å². The van der Waals surface area contributed by atoms with Crippen molar-refractivity contribution < 1.29 is 22.6 Å². The highest BCUT2D eigenvalue weighted by Crippen LogP contribution is 2.33. The molecule has 0 radical (unpaired) electrons. The normalized spacial score (nSPS) is 11.0. The summed E-state index contributed by atoms with van der Waals surface area (Å²) >= 11 is 0. The molecule has 0 amide bonds. The molecule has 88 valence electrons. The smallest absolute Gasteiger partial charge is 0.490 e.